The van der Waals surface area contributed by atoms with Gasteiger partial charge in [-0.1, -0.05) is 89.5 Å². The van der Waals surface area contributed by atoms with Gasteiger partial charge >= 0.3 is 0 Å². The molecule has 0 unspecified atom stereocenters. The zero-order chi connectivity index (χ0) is 29.4. The maximum Gasteiger partial charge on any atom is 0.130 e. The largest absolute Gasteiger partial charge is 0.457 e. The lowest BCUT2D eigenvalue weighted by molar-refractivity contribution is 0.302. The van der Waals surface area contributed by atoms with Gasteiger partial charge in [0.25, 0.3) is 0 Å². The maximum atomic E-state index is 6.82. The van der Waals surface area contributed by atoms with Gasteiger partial charge in [0.05, 0.1) is 25.4 Å². The second-order valence-electron chi connectivity index (χ2n) is 14.6. The summed E-state index contributed by atoms with van der Waals surface area (Å²) in [5.41, 5.74) is 5.68. The predicted molar refractivity (Wildman–Crippen MR) is 178 cm³/mol. The fraction of sp³-hybridized carbons (Fsp3) is 0.700. The standard InChI is InChI=1S/C40H58O3/c1-3-5-7-9-29-11-15-31(16-12-29)33-19-21-39(35(23-33)25-37-27-41-37)43-40-22-20-34(24-36(40)26-38-28-42-38)32-17-13-30(14-18-32)10-8-6-4-2/h19-24,29-32,37-38H,3-18,25-28H2,1-2H3/t29?,30?,31?,32?,37-,38-/m0/s1. The van der Waals surface area contributed by atoms with Gasteiger partial charge in [-0.15, -0.1) is 0 Å². The number of unbranched alkanes of at least 4 members (excludes halogenated alkanes) is 4. The number of rotatable bonds is 16. The molecule has 4 aliphatic rings. The second kappa shape index (κ2) is 15.4. The Balaban J connectivity index is 1.13. The number of hydrogen-bond donors (Lipinski definition) is 0. The SMILES string of the molecule is CCCCCC1CCC(c2ccc(Oc3ccc(C4CCC(CCCCC)CC4)cc3C[C@H]3CO3)c(C[C@H]3CO3)c2)CC1. The van der Waals surface area contributed by atoms with Crippen LogP contribution in [0, 0.1) is 11.8 Å². The van der Waals surface area contributed by atoms with E-state index in [2.05, 4.69) is 50.2 Å². The van der Waals surface area contributed by atoms with E-state index in [1.165, 1.54) is 125 Å². The van der Waals surface area contributed by atoms with Crippen molar-refractivity contribution < 1.29 is 14.2 Å². The summed E-state index contributed by atoms with van der Waals surface area (Å²) in [5.74, 6) is 5.32. The van der Waals surface area contributed by atoms with Gasteiger partial charge in [0.15, 0.2) is 0 Å². The van der Waals surface area contributed by atoms with E-state index in [0.717, 1.165) is 49.4 Å². The van der Waals surface area contributed by atoms with Crippen LogP contribution in [-0.2, 0) is 22.3 Å². The van der Waals surface area contributed by atoms with E-state index in [0.29, 0.717) is 24.0 Å². The molecule has 0 bridgehead atoms. The first-order valence-electron chi connectivity index (χ1n) is 18.3. The molecule has 0 N–H and O–H groups in total. The monoisotopic (exact) mass is 586 g/mol. The minimum Gasteiger partial charge on any atom is -0.457 e. The Morgan fingerprint density at radius 3 is 1.37 bits per heavy atom. The van der Waals surface area contributed by atoms with E-state index in [-0.39, 0.29) is 0 Å². The lowest BCUT2D eigenvalue weighted by Crippen LogP contribution is -2.14. The van der Waals surface area contributed by atoms with Gasteiger partial charge in [0, 0.05) is 12.8 Å². The molecule has 0 aromatic heterocycles. The molecule has 2 aliphatic carbocycles. The molecular weight excluding hydrogens is 528 g/mol. The zero-order valence-corrected chi connectivity index (χ0v) is 27.3. The van der Waals surface area contributed by atoms with Crippen LogP contribution in [0.15, 0.2) is 36.4 Å². The molecule has 2 saturated heterocycles. The Kier molecular flexibility index (Phi) is 11.2. The van der Waals surface area contributed by atoms with Crippen molar-refractivity contribution in [1.29, 1.82) is 0 Å². The minimum absolute atomic E-state index is 0.353. The topological polar surface area (TPSA) is 34.3 Å². The van der Waals surface area contributed by atoms with E-state index in [9.17, 15) is 0 Å². The zero-order valence-electron chi connectivity index (χ0n) is 27.3. The first kappa shape index (κ1) is 31.2. The van der Waals surface area contributed by atoms with Crippen molar-refractivity contribution in [3.8, 4) is 11.5 Å². The molecule has 2 atom stereocenters. The van der Waals surface area contributed by atoms with Crippen molar-refractivity contribution in [3.05, 3.63) is 58.7 Å². The Labute approximate surface area is 262 Å². The van der Waals surface area contributed by atoms with E-state index < -0.39 is 0 Å². The van der Waals surface area contributed by atoms with Crippen LogP contribution in [0.4, 0.5) is 0 Å². The van der Waals surface area contributed by atoms with Crippen molar-refractivity contribution in [2.45, 2.75) is 153 Å². The second-order valence-corrected chi connectivity index (χ2v) is 14.6. The minimum atomic E-state index is 0.353. The molecule has 3 nitrogen and oxygen atoms in total. The van der Waals surface area contributed by atoms with Crippen LogP contribution >= 0.6 is 0 Å². The van der Waals surface area contributed by atoms with Crippen molar-refractivity contribution in [3.63, 3.8) is 0 Å². The van der Waals surface area contributed by atoms with Crippen LogP contribution in [0.5, 0.6) is 11.5 Å². The molecule has 2 aromatic rings. The Bertz CT molecular complexity index is 1040. The summed E-state index contributed by atoms with van der Waals surface area (Å²) >= 11 is 0. The molecule has 3 heteroatoms. The van der Waals surface area contributed by atoms with Crippen LogP contribution in [0.1, 0.15) is 151 Å². The highest BCUT2D eigenvalue weighted by Gasteiger charge is 2.29. The molecule has 2 aromatic carbocycles. The number of benzene rings is 2. The van der Waals surface area contributed by atoms with Crippen LogP contribution in [0.25, 0.3) is 0 Å². The molecule has 2 heterocycles. The lowest BCUT2D eigenvalue weighted by atomic mass is 9.76. The average molecular weight is 587 g/mol. The Morgan fingerprint density at radius 1 is 0.581 bits per heavy atom. The summed E-state index contributed by atoms with van der Waals surface area (Å²) in [6.45, 7) is 6.39. The average Bonchev–Trinajstić information content (AvgIpc) is 3.98. The summed E-state index contributed by atoms with van der Waals surface area (Å²) in [5, 5.41) is 0. The van der Waals surface area contributed by atoms with Gasteiger partial charge in [-0.3, -0.25) is 0 Å². The van der Waals surface area contributed by atoms with Crippen LogP contribution in [-0.4, -0.2) is 25.4 Å². The quantitative estimate of drug-likeness (QED) is 0.145. The molecule has 4 fully saturated rings. The van der Waals surface area contributed by atoms with E-state index >= 15 is 0 Å². The van der Waals surface area contributed by atoms with Crippen molar-refractivity contribution in [2.75, 3.05) is 13.2 Å². The predicted octanol–water partition coefficient (Wildman–Crippen LogP) is 11.1. The third-order valence-corrected chi connectivity index (χ3v) is 11.2. The lowest BCUT2D eigenvalue weighted by Gasteiger charge is -2.30. The summed E-state index contributed by atoms with van der Waals surface area (Å²) in [7, 11) is 0. The fourth-order valence-electron chi connectivity index (χ4n) is 8.14. The van der Waals surface area contributed by atoms with Crippen molar-refractivity contribution in [2.24, 2.45) is 11.8 Å². The van der Waals surface area contributed by atoms with Gasteiger partial charge in [-0.05, 0) is 109 Å². The van der Waals surface area contributed by atoms with E-state index in [4.69, 9.17) is 14.2 Å². The normalized spacial score (nSPS) is 28.5. The third kappa shape index (κ3) is 9.10. The molecule has 0 amide bonds. The maximum absolute atomic E-state index is 6.82. The first-order valence-corrected chi connectivity index (χ1v) is 18.3. The fourth-order valence-corrected chi connectivity index (χ4v) is 8.14. The molecular formula is C40H58O3. The summed E-state index contributed by atoms with van der Waals surface area (Å²) < 4.78 is 18.2. The highest BCUT2D eigenvalue weighted by atomic mass is 16.6. The van der Waals surface area contributed by atoms with Gasteiger partial charge in [0.2, 0.25) is 0 Å². The molecule has 2 saturated carbocycles. The molecule has 0 radical (unpaired) electrons. The van der Waals surface area contributed by atoms with Crippen LogP contribution < -0.4 is 4.74 Å². The smallest absolute Gasteiger partial charge is 0.130 e. The van der Waals surface area contributed by atoms with Gasteiger partial charge < -0.3 is 14.2 Å². The summed E-state index contributed by atoms with van der Waals surface area (Å²) in [4.78, 5) is 0. The highest BCUT2D eigenvalue weighted by Crippen LogP contribution is 2.42. The number of hydrogen-bond acceptors (Lipinski definition) is 3. The molecule has 6 rings (SSSR count). The Hall–Kier alpha value is -1.84. The van der Waals surface area contributed by atoms with E-state index in [1.807, 2.05) is 0 Å². The van der Waals surface area contributed by atoms with Crippen LogP contribution in [0.3, 0.4) is 0 Å². The summed E-state index contributed by atoms with van der Waals surface area (Å²) in [6.07, 6.45) is 24.7. The number of ether oxygens (including phenoxy) is 3. The highest BCUT2D eigenvalue weighted by molar-refractivity contribution is 5.46. The first-order chi connectivity index (χ1) is 21.2. The summed E-state index contributed by atoms with van der Waals surface area (Å²) in [6, 6.07) is 14.2. The van der Waals surface area contributed by atoms with E-state index in [1.54, 1.807) is 0 Å². The van der Waals surface area contributed by atoms with Gasteiger partial charge in [0.1, 0.15) is 11.5 Å². The van der Waals surface area contributed by atoms with Crippen molar-refractivity contribution >= 4 is 0 Å². The molecule has 0 spiro atoms. The molecule has 2 aliphatic heterocycles. The van der Waals surface area contributed by atoms with Crippen molar-refractivity contribution in [1.82, 2.24) is 0 Å². The van der Waals surface area contributed by atoms with Gasteiger partial charge in [-0.25, -0.2) is 0 Å². The van der Waals surface area contributed by atoms with Crippen LogP contribution in [0.2, 0.25) is 0 Å². The molecule has 43 heavy (non-hydrogen) atoms. The Morgan fingerprint density at radius 2 is 1.00 bits per heavy atom. The molecule has 236 valence electrons. The third-order valence-electron chi connectivity index (χ3n) is 11.2. The number of epoxide rings is 2. The van der Waals surface area contributed by atoms with Gasteiger partial charge in [-0.2, -0.15) is 0 Å².